The van der Waals surface area contributed by atoms with E-state index in [2.05, 4.69) is 25.3 Å². The van der Waals surface area contributed by atoms with Crippen LogP contribution in [0.3, 0.4) is 0 Å². The van der Waals surface area contributed by atoms with Crippen LogP contribution in [0.5, 0.6) is 0 Å². The summed E-state index contributed by atoms with van der Waals surface area (Å²) in [5, 5.41) is 8.57. The van der Waals surface area contributed by atoms with Crippen molar-refractivity contribution in [3.8, 4) is 0 Å². The number of rotatable bonds is 2. The fraction of sp³-hybridized carbons (Fsp3) is 1.00. The number of hydrogen-bond donors (Lipinski definition) is 3. The first kappa shape index (κ1) is 7.66. The van der Waals surface area contributed by atoms with E-state index >= 15 is 0 Å². The summed E-state index contributed by atoms with van der Waals surface area (Å²) in [5.74, 6) is 0. The van der Waals surface area contributed by atoms with Crippen LogP contribution in [0.25, 0.3) is 0 Å². The predicted molar refractivity (Wildman–Crippen MR) is 38.3 cm³/mol. The largest absolute Gasteiger partial charge is 0.395 e. The molecule has 0 saturated heterocycles. The van der Waals surface area contributed by atoms with Crippen molar-refractivity contribution in [1.82, 2.24) is 0 Å². The number of thiol groups is 2. The van der Waals surface area contributed by atoms with Gasteiger partial charge in [0.1, 0.15) is 0 Å². The smallest absolute Gasteiger partial charge is 0.0558 e. The zero-order valence-corrected chi connectivity index (χ0v) is 5.99. The van der Waals surface area contributed by atoms with Crippen LogP contribution in [0, 0.1) is 0 Å². The number of aliphatic hydroxyl groups is 1. The molecule has 3 heteroatoms. The minimum atomic E-state index is 0.0170. The van der Waals surface area contributed by atoms with Gasteiger partial charge in [0.2, 0.25) is 0 Å². The predicted octanol–water partition coefficient (Wildman–Crippen LogP) is 0.595. The van der Waals surface area contributed by atoms with Gasteiger partial charge >= 0.3 is 0 Å². The lowest BCUT2D eigenvalue weighted by Gasteiger charge is -2.07. The average Bonchev–Trinajstić information content (AvgIpc) is 1.65. The summed E-state index contributed by atoms with van der Waals surface area (Å²) in [6.07, 6.45) is 0. The zero-order chi connectivity index (χ0) is 5.86. The molecule has 2 unspecified atom stereocenters. The van der Waals surface area contributed by atoms with Gasteiger partial charge in [0.25, 0.3) is 0 Å². The molecule has 0 aromatic carbocycles. The SMILES string of the molecule is CC(S)C(S)CO. The number of aliphatic hydroxyl groups excluding tert-OH is 1. The van der Waals surface area contributed by atoms with Crippen LogP contribution in [0.2, 0.25) is 0 Å². The molecule has 0 aromatic heterocycles. The Bertz CT molecular complexity index is 47.0. The molecule has 0 amide bonds. The minimum absolute atomic E-state index is 0.0170. The molecular formula is C4H10OS2. The highest BCUT2D eigenvalue weighted by Crippen LogP contribution is 2.05. The summed E-state index contributed by atoms with van der Waals surface area (Å²) >= 11 is 8.04. The maximum absolute atomic E-state index is 8.38. The highest BCUT2D eigenvalue weighted by molar-refractivity contribution is 7.85. The van der Waals surface area contributed by atoms with E-state index in [1.165, 1.54) is 0 Å². The van der Waals surface area contributed by atoms with Crippen molar-refractivity contribution in [3.05, 3.63) is 0 Å². The molecule has 0 heterocycles. The molecule has 0 aliphatic heterocycles. The average molecular weight is 138 g/mol. The maximum Gasteiger partial charge on any atom is 0.0558 e. The van der Waals surface area contributed by atoms with Crippen LogP contribution in [-0.2, 0) is 0 Å². The van der Waals surface area contributed by atoms with Gasteiger partial charge in [0.15, 0.2) is 0 Å². The van der Waals surface area contributed by atoms with Crippen LogP contribution >= 0.6 is 25.3 Å². The Balaban J connectivity index is 3.14. The van der Waals surface area contributed by atoms with Gasteiger partial charge in [0.05, 0.1) is 6.61 Å². The Morgan fingerprint density at radius 1 is 1.57 bits per heavy atom. The van der Waals surface area contributed by atoms with Crippen LogP contribution in [0.1, 0.15) is 6.92 Å². The van der Waals surface area contributed by atoms with Crippen LogP contribution in [-0.4, -0.2) is 22.2 Å². The minimum Gasteiger partial charge on any atom is -0.395 e. The lowest BCUT2D eigenvalue weighted by Crippen LogP contribution is -2.15. The lowest BCUT2D eigenvalue weighted by atomic mass is 10.3. The molecule has 2 atom stereocenters. The maximum atomic E-state index is 8.38. The first-order valence-electron chi connectivity index (χ1n) is 2.15. The Morgan fingerprint density at radius 2 is 2.00 bits per heavy atom. The van der Waals surface area contributed by atoms with Gasteiger partial charge in [-0.1, -0.05) is 6.92 Å². The van der Waals surface area contributed by atoms with Gasteiger partial charge < -0.3 is 5.11 Å². The second-order valence-electron chi connectivity index (χ2n) is 1.49. The van der Waals surface area contributed by atoms with Gasteiger partial charge in [-0.05, 0) is 0 Å². The Kier molecular flexibility index (Phi) is 3.98. The molecular weight excluding hydrogens is 128 g/mol. The van der Waals surface area contributed by atoms with Crippen LogP contribution in [0.4, 0.5) is 0 Å². The molecule has 44 valence electrons. The summed E-state index contributed by atoms with van der Waals surface area (Å²) in [7, 11) is 0. The Labute approximate surface area is 54.9 Å². The van der Waals surface area contributed by atoms with Gasteiger partial charge in [-0.25, -0.2) is 0 Å². The van der Waals surface area contributed by atoms with Gasteiger partial charge in [-0.15, -0.1) is 0 Å². The van der Waals surface area contributed by atoms with Crippen molar-refractivity contribution in [2.75, 3.05) is 6.61 Å². The second kappa shape index (κ2) is 3.64. The molecule has 0 radical (unpaired) electrons. The highest BCUT2D eigenvalue weighted by Gasteiger charge is 2.04. The quantitative estimate of drug-likeness (QED) is 0.477. The highest BCUT2D eigenvalue weighted by atomic mass is 32.1. The fourth-order valence-corrected chi connectivity index (χ4v) is 0.247. The molecule has 0 bridgehead atoms. The number of hydrogen-bond acceptors (Lipinski definition) is 3. The normalized spacial score (nSPS) is 18.9. The monoisotopic (exact) mass is 138 g/mol. The Morgan fingerprint density at radius 3 is 2.00 bits per heavy atom. The molecule has 0 fully saturated rings. The summed E-state index contributed by atoms with van der Waals surface area (Å²) in [5.41, 5.74) is 0. The van der Waals surface area contributed by atoms with Gasteiger partial charge in [0, 0.05) is 10.5 Å². The van der Waals surface area contributed by atoms with E-state index in [1.807, 2.05) is 6.92 Å². The summed E-state index contributed by atoms with van der Waals surface area (Å²) < 4.78 is 0. The fourth-order valence-electron chi connectivity index (χ4n) is 0.153. The van der Waals surface area contributed by atoms with E-state index in [9.17, 15) is 0 Å². The Hall–Kier alpha value is 0.660. The summed E-state index contributed by atoms with van der Waals surface area (Å²) in [6, 6.07) is 0. The van der Waals surface area contributed by atoms with Crippen molar-refractivity contribution in [2.24, 2.45) is 0 Å². The molecule has 0 aromatic rings. The molecule has 0 aliphatic rings. The second-order valence-corrected chi connectivity index (χ2v) is 2.97. The van der Waals surface area contributed by atoms with Crippen LogP contribution < -0.4 is 0 Å². The van der Waals surface area contributed by atoms with Crippen molar-refractivity contribution >= 4 is 25.3 Å². The summed E-state index contributed by atoms with van der Waals surface area (Å²) in [4.78, 5) is 0. The molecule has 1 N–H and O–H groups in total. The zero-order valence-electron chi connectivity index (χ0n) is 4.20. The van der Waals surface area contributed by atoms with Crippen molar-refractivity contribution < 1.29 is 5.11 Å². The topological polar surface area (TPSA) is 20.2 Å². The molecule has 0 spiro atoms. The standard InChI is InChI=1S/C4H10OS2/c1-3(6)4(7)2-5/h3-7H,2H2,1H3. The van der Waals surface area contributed by atoms with Crippen molar-refractivity contribution in [2.45, 2.75) is 17.4 Å². The van der Waals surface area contributed by atoms with Crippen LogP contribution in [0.15, 0.2) is 0 Å². The molecule has 0 saturated carbocycles. The third-order valence-electron chi connectivity index (χ3n) is 0.744. The first-order chi connectivity index (χ1) is 3.18. The molecule has 0 aliphatic carbocycles. The van der Waals surface area contributed by atoms with Gasteiger partial charge in [-0.3, -0.25) is 0 Å². The van der Waals surface area contributed by atoms with E-state index in [4.69, 9.17) is 5.11 Å². The van der Waals surface area contributed by atoms with Crippen molar-refractivity contribution in [3.63, 3.8) is 0 Å². The van der Waals surface area contributed by atoms with E-state index in [0.717, 1.165) is 0 Å². The van der Waals surface area contributed by atoms with E-state index in [-0.39, 0.29) is 17.1 Å². The molecule has 1 nitrogen and oxygen atoms in total. The first-order valence-corrected chi connectivity index (χ1v) is 3.18. The van der Waals surface area contributed by atoms with E-state index < -0.39 is 0 Å². The van der Waals surface area contributed by atoms with E-state index in [1.54, 1.807) is 0 Å². The summed E-state index contributed by atoms with van der Waals surface area (Å²) in [6.45, 7) is 2.00. The van der Waals surface area contributed by atoms with Gasteiger partial charge in [-0.2, -0.15) is 25.3 Å². The molecule has 7 heavy (non-hydrogen) atoms. The molecule has 0 rings (SSSR count). The van der Waals surface area contributed by atoms with Crippen molar-refractivity contribution in [1.29, 1.82) is 0 Å². The van der Waals surface area contributed by atoms with E-state index in [0.29, 0.717) is 0 Å². The third-order valence-corrected chi connectivity index (χ3v) is 1.95. The lowest BCUT2D eigenvalue weighted by molar-refractivity contribution is 0.295. The third kappa shape index (κ3) is 3.26.